The maximum absolute atomic E-state index is 4.80. The first-order valence-electron chi connectivity index (χ1n) is 9.24. The van der Waals surface area contributed by atoms with E-state index in [0.29, 0.717) is 0 Å². The van der Waals surface area contributed by atoms with Gasteiger partial charge in [0.05, 0.1) is 11.9 Å². The lowest BCUT2D eigenvalue weighted by molar-refractivity contribution is 0.718. The fourth-order valence-corrected chi connectivity index (χ4v) is 3.65. The Hall–Kier alpha value is -2.61. The van der Waals surface area contributed by atoms with Crippen LogP contribution in [-0.2, 0) is 0 Å². The van der Waals surface area contributed by atoms with Crippen LogP contribution in [0.4, 0.5) is 0 Å². The summed E-state index contributed by atoms with van der Waals surface area (Å²) in [5.74, 6) is 1.15. The lowest BCUT2D eigenvalue weighted by atomic mass is 9.93. The van der Waals surface area contributed by atoms with E-state index in [0.717, 1.165) is 18.8 Å². The summed E-state index contributed by atoms with van der Waals surface area (Å²) in [6, 6.07) is 26.1. The van der Waals surface area contributed by atoms with Crippen LogP contribution in [0, 0.1) is 0 Å². The third kappa shape index (κ3) is 3.58. The Kier molecular flexibility index (Phi) is 4.78. The lowest BCUT2D eigenvalue weighted by Gasteiger charge is -2.23. The molecule has 1 aliphatic heterocycles. The predicted octanol–water partition coefficient (Wildman–Crippen LogP) is 5.49. The van der Waals surface area contributed by atoms with Crippen LogP contribution in [0.25, 0.3) is 10.8 Å². The summed E-state index contributed by atoms with van der Waals surface area (Å²) in [5, 5.41) is 6.36. The average molecular weight is 328 g/mol. The van der Waals surface area contributed by atoms with Gasteiger partial charge >= 0.3 is 0 Å². The van der Waals surface area contributed by atoms with Crippen LogP contribution >= 0.6 is 0 Å². The number of hydrogen-bond acceptors (Lipinski definition) is 2. The van der Waals surface area contributed by atoms with Gasteiger partial charge in [0.1, 0.15) is 0 Å². The van der Waals surface area contributed by atoms with Gasteiger partial charge < -0.3 is 5.32 Å². The predicted molar refractivity (Wildman–Crippen MR) is 106 cm³/mol. The van der Waals surface area contributed by atoms with Gasteiger partial charge in [0.25, 0.3) is 0 Å². The summed E-state index contributed by atoms with van der Waals surface area (Å²) in [4.78, 5) is 4.80. The van der Waals surface area contributed by atoms with Crippen molar-refractivity contribution in [2.24, 2.45) is 4.99 Å². The Morgan fingerprint density at radius 3 is 2.48 bits per heavy atom. The quantitative estimate of drug-likeness (QED) is 0.675. The standard InChI is InChI=1S/C23H24N2/c1-3-11-19(12-4-1)23(25-22-16-5-2-8-17-24-22)21-15-9-13-18-10-6-7-14-20(18)21/h1,3-4,6-7,9-15,23H,2,5,8,16-17H2,(H,24,25). The molecule has 0 saturated heterocycles. The van der Waals surface area contributed by atoms with E-state index < -0.39 is 0 Å². The summed E-state index contributed by atoms with van der Waals surface area (Å²) in [6.07, 6.45) is 4.76. The Bertz CT molecular complexity index is 862. The van der Waals surface area contributed by atoms with Crippen molar-refractivity contribution in [2.75, 3.05) is 6.54 Å². The highest BCUT2D eigenvalue weighted by Gasteiger charge is 2.18. The van der Waals surface area contributed by atoms with E-state index in [1.165, 1.54) is 41.2 Å². The number of nitrogens with one attached hydrogen (secondary N) is 1. The molecule has 1 aliphatic rings. The molecule has 4 rings (SSSR count). The molecule has 0 saturated carbocycles. The molecule has 3 aromatic rings. The second kappa shape index (κ2) is 7.52. The maximum Gasteiger partial charge on any atom is 0.0970 e. The van der Waals surface area contributed by atoms with E-state index in [4.69, 9.17) is 4.99 Å². The first-order valence-corrected chi connectivity index (χ1v) is 9.24. The Morgan fingerprint density at radius 1 is 0.760 bits per heavy atom. The first kappa shape index (κ1) is 15.9. The van der Waals surface area contributed by atoms with Crippen LogP contribution in [0.15, 0.2) is 77.8 Å². The number of benzene rings is 3. The van der Waals surface area contributed by atoms with Crippen LogP contribution in [0.1, 0.15) is 42.9 Å². The van der Waals surface area contributed by atoms with E-state index >= 15 is 0 Å². The molecule has 0 spiro atoms. The van der Waals surface area contributed by atoms with E-state index in [1.807, 2.05) is 0 Å². The van der Waals surface area contributed by atoms with Crippen LogP contribution in [-0.4, -0.2) is 12.4 Å². The molecule has 0 radical (unpaired) electrons. The van der Waals surface area contributed by atoms with E-state index in [-0.39, 0.29) is 6.04 Å². The molecule has 1 unspecified atom stereocenters. The molecule has 1 atom stereocenters. The van der Waals surface area contributed by atoms with Crippen LogP contribution in [0.5, 0.6) is 0 Å². The minimum atomic E-state index is 0.129. The third-order valence-corrected chi connectivity index (χ3v) is 4.95. The van der Waals surface area contributed by atoms with Gasteiger partial charge in [0.2, 0.25) is 0 Å². The molecule has 0 aromatic heterocycles. The molecule has 0 fully saturated rings. The van der Waals surface area contributed by atoms with Crippen molar-refractivity contribution < 1.29 is 0 Å². The monoisotopic (exact) mass is 328 g/mol. The highest BCUT2D eigenvalue weighted by atomic mass is 15.0. The zero-order valence-electron chi connectivity index (χ0n) is 14.5. The Morgan fingerprint density at radius 2 is 1.56 bits per heavy atom. The van der Waals surface area contributed by atoms with Gasteiger partial charge in [0, 0.05) is 13.0 Å². The molecule has 1 N–H and O–H groups in total. The zero-order chi connectivity index (χ0) is 16.9. The fourth-order valence-electron chi connectivity index (χ4n) is 3.65. The SMILES string of the molecule is c1ccc(C(NC2=NCCCCC2)c2cccc3ccccc23)cc1. The summed E-state index contributed by atoms with van der Waals surface area (Å²) < 4.78 is 0. The second-order valence-electron chi connectivity index (χ2n) is 6.70. The van der Waals surface area contributed by atoms with Gasteiger partial charge in [-0.1, -0.05) is 79.2 Å². The highest BCUT2D eigenvalue weighted by Crippen LogP contribution is 2.29. The molecule has 126 valence electrons. The third-order valence-electron chi connectivity index (χ3n) is 4.95. The second-order valence-corrected chi connectivity index (χ2v) is 6.70. The van der Waals surface area contributed by atoms with Crippen molar-refractivity contribution in [3.63, 3.8) is 0 Å². The lowest BCUT2D eigenvalue weighted by Crippen LogP contribution is -2.29. The zero-order valence-corrected chi connectivity index (χ0v) is 14.5. The Labute approximate surface area is 149 Å². The molecule has 0 aliphatic carbocycles. The van der Waals surface area contributed by atoms with Gasteiger partial charge in [-0.3, -0.25) is 4.99 Å². The smallest absolute Gasteiger partial charge is 0.0970 e. The van der Waals surface area contributed by atoms with Crippen LogP contribution in [0.3, 0.4) is 0 Å². The number of nitrogens with zero attached hydrogens (tertiary/aromatic N) is 1. The van der Waals surface area contributed by atoms with Crippen molar-refractivity contribution in [1.82, 2.24) is 5.32 Å². The number of hydrogen-bond donors (Lipinski definition) is 1. The van der Waals surface area contributed by atoms with Crippen molar-refractivity contribution in [1.29, 1.82) is 0 Å². The fraction of sp³-hybridized carbons (Fsp3) is 0.261. The summed E-state index contributed by atoms with van der Waals surface area (Å²) >= 11 is 0. The highest BCUT2D eigenvalue weighted by molar-refractivity contribution is 5.88. The molecule has 2 heteroatoms. The van der Waals surface area contributed by atoms with E-state index in [9.17, 15) is 0 Å². The molecule has 0 amide bonds. The molecule has 2 nitrogen and oxygen atoms in total. The normalized spacial score (nSPS) is 16.1. The van der Waals surface area contributed by atoms with Crippen LogP contribution in [0.2, 0.25) is 0 Å². The molecule has 1 heterocycles. The topological polar surface area (TPSA) is 24.4 Å². The molecular weight excluding hydrogens is 304 g/mol. The van der Waals surface area contributed by atoms with Gasteiger partial charge in [0.15, 0.2) is 0 Å². The first-order chi connectivity index (χ1) is 12.4. The van der Waals surface area contributed by atoms with Gasteiger partial charge in [-0.25, -0.2) is 0 Å². The van der Waals surface area contributed by atoms with Crippen molar-refractivity contribution in [3.8, 4) is 0 Å². The summed E-state index contributed by atoms with van der Waals surface area (Å²) in [6.45, 7) is 0.944. The molecule has 0 bridgehead atoms. The van der Waals surface area contributed by atoms with Crippen molar-refractivity contribution in [3.05, 3.63) is 83.9 Å². The molecule has 25 heavy (non-hydrogen) atoms. The summed E-state index contributed by atoms with van der Waals surface area (Å²) in [7, 11) is 0. The number of fused-ring (bicyclic) bond motifs is 1. The summed E-state index contributed by atoms with van der Waals surface area (Å²) in [5.41, 5.74) is 2.60. The Balaban J connectivity index is 1.78. The molecule has 3 aromatic carbocycles. The van der Waals surface area contributed by atoms with Gasteiger partial charge in [-0.2, -0.15) is 0 Å². The van der Waals surface area contributed by atoms with Crippen LogP contribution < -0.4 is 5.32 Å². The van der Waals surface area contributed by atoms with Gasteiger partial charge in [-0.05, 0) is 34.7 Å². The average Bonchev–Trinajstić information content (AvgIpc) is 2.95. The minimum absolute atomic E-state index is 0.129. The van der Waals surface area contributed by atoms with E-state index in [2.05, 4.69) is 78.1 Å². The van der Waals surface area contributed by atoms with Crippen molar-refractivity contribution in [2.45, 2.75) is 31.7 Å². The van der Waals surface area contributed by atoms with Crippen molar-refractivity contribution >= 4 is 16.6 Å². The number of aliphatic imine (C=N–C) groups is 1. The maximum atomic E-state index is 4.80. The minimum Gasteiger partial charge on any atom is -0.363 e. The van der Waals surface area contributed by atoms with E-state index in [1.54, 1.807) is 0 Å². The number of rotatable bonds is 3. The van der Waals surface area contributed by atoms with Gasteiger partial charge in [-0.15, -0.1) is 0 Å². The largest absolute Gasteiger partial charge is 0.363 e. The number of amidine groups is 1. The molecular formula is C23H24N2.